The van der Waals surface area contributed by atoms with Crippen molar-refractivity contribution in [2.24, 2.45) is 0 Å². The molecular weight excluding hydrogens is 262 g/mol. The van der Waals surface area contributed by atoms with E-state index in [4.69, 9.17) is 9.25 Å². The van der Waals surface area contributed by atoms with E-state index in [2.05, 4.69) is 11.6 Å². The third-order valence-corrected chi connectivity index (χ3v) is 3.45. The molecule has 2 amide bonds. The molecule has 0 aromatic carbocycles. The molecule has 0 saturated carbocycles. The van der Waals surface area contributed by atoms with Crippen LogP contribution in [0.2, 0.25) is 0 Å². The molecule has 20 heavy (non-hydrogen) atoms. The minimum absolute atomic E-state index is 0.147. The first-order valence-corrected chi connectivity index (χ1v) is 6.31. The van der Waals surface area contributed by atoms with Crippen LogP contribution >= 0.6 is 0 Å². The molecule has 7 nitrogen and oxygen atoms in total. The Balaban J connectivity index is 1.95. The van der Waals surface area contributed by atoms with Crippen molar-refractivity contribution < 1.29 is 19.2 Å². The van der Waals surface area contributed by atoms with Gasteiger partial charge in [0.2, 0.25) is 0 Å². The molecular formula is C13H15N3O4. The van der Waals surface area contributed by atoms with Crippen LogP contribution in [0.5, 0.6) is 0 Å². The van der Waals surface area contributed by atoms with Crippen LogP contribution in [0.1, 0.15) is 5.76 Å². The second-order valence-corrected chi connectivity index (χ2v) is 4.60. The van der Waals surface area contributed by atoms with Gasteiger partial charge in [0, 0.05) is 5.57 Å². The van der Waals surface area contributed by atoms with Crippen molar-refractivity contribution in [2.45, 2.75) is 12.1 Å². The molecule has 0 unspecified atom stereocenters. The molecule has 106 valence electrons. The summed E-state index contributed by atoms with van der Waals surface area (Å²) in [5.74, 6) is 0.579. The number of carbonyl (C=O) groups excluding carboxylic acids is 1. The molecule has 0 aliphatic carbocycles. The van der Waals surface area contributed by atoms with Gasteiger partial charge in [-0.1, -0.05) is 12.2 Å². The minimum atomic E-state index is -0.379. The Bertz CT molecular complexity index is 540. The lowest BCUT2D eigenvalue weighted by Gasteiger charge is -2.27. The van der Waals surface area contributed by atoms with Gasteiger partial charge in [-0.3, -0.25) is 4.84 Å². The van der Waals surface area contributed by atoms with Crippen molar-refractivity contribution in [3.8, 4) is 0 Å². The highest BCUT2D eigenvalue weighted by atomic mass is 16.7. The molecule has 0 radical (unpaired) electrons. The standard InChI is InChI=1S/C13H15N3O4/c1-2-3-20-16-11-6-15(13(16)18)9(7-17)4-10(11)12-5-14-8-19-12/h2,4-5,8-9,11,17H,1,3,6-7H2/t9-,11+/m1/s1. The van der Waals surface area contributed by atoms with Gasteiger partial charge in [0.15, 0.2) is 12.2 Å². The summed E-state index contributed by atoms with van der Waals surface area (Å²) in [4.78, 5) is 23.2. The number of aliphatic hydroxyl groups is 1. The van der Waals surface area contributed by atoms with Gasteiger partial charge in [0.05, 0.1) is 32.0 Å². The average molecular weight is 277 g/mol. The number of hydroxylamine groups is 2. The zero-order valence-corrected chi connectivity index (χ0v) is 10.8. The smallest absolute Gasteiger partial charge is 0.345 e. The molecule has 2 aliphatic rings. The van der Waals surface area contributed by atoms with Gasteiger partial charge >= 0.3 is 6.03 Å². The maximum atomic E-state index is 12.3. The predicted octanol–water partition coefficient (Wildman–Crippen LogP) is 0.656. The number of amides is 2. The summed E-state index contributed by atoms with van der Waals surface area (Å²) in [6.07, 6.45) is 6.32. The van der Waals surface area contributed by atoms with E-state index >= 15 is 0 Å². The molecule has 1 aromatic rings. The first-order chi connectivity index (χ1) is 9.76. The maximum absolute atomic E-state index is 12.3. The third kappa shape index (κ3) is 1.91. The number of aromatic nitrogens is 1. The number of rotatable bonds is 5. The average Bonchev–Trinajstić information content (AvgIpc) is 3.08. The number of hydrogen-bond donors (Lipinski definition) is 1. The molecule has 2 atom stereocenters. The lowest BCUT2D eigenvalue weighted by atomic mass is 9.98. The first kappa shape index (κ1) is 12.9. The third-order valence-electron chi connectivity index (χ3n) is 3.45. The van der Waals surface area contributed by atoms with Crippen LogP contribution in [0.4, 0.5) is 4.79 Å². The Hall–Kier alpha value is -2.12. The highest BCUT2D eigenvalue weighted by Gasteiger charge is 2.47. The zero-order chi connectivity index (χ0) is 14.1. The van der Waals surface area contributed by atoms with Gasteiger partial charge in [0.1, 0.15) is 6.04 Å². The monoisotopic (exact) mass is 277 g/mol. The quantitative estimate of drug-likeness (QED) is 0.800. The highest BCUT2D eigenvalue weighted by molar-refractivity contribution is 5.84. The SMILES string of the molecule is C=CCON1C(=O)N2C[C@H]1C(c1cnco1)=C[C@@H]2CO. The topological polar surface area (TPSA) is 79.0 Å². The maximum Gasteiger partial charge on any atom is 0.345 e. The summed E-state index contributed by atoms with van der Waals surface area (Å²) in [6.45, 7) is 4.12. The van der Waals surface area contributed by atoms with Gasteiger partial charge in [-0.2, -0.15) is 5.06 Å². The number of hydrogen-bond acceptors (Lipinski definition) is 5. The van der Waals surface area contributed by atoms with Crippen LogP contribution in [0, 0.1) is 0 Å². The lowest BCUT2D eigenvalue weighted by Crippen LogP contribution is -2.40. The normalized spacial score (nSPS) is 25.1. The Morgan fingerprint density at radius 2 is 2.50 bits per heavy atom. The fourth-order valence-corrected chi connectivity index (χ4v) is 2.54. The Kier molecular flexibility index (Phi) is 3.29. The van der Waals surface area contributed by atoms with Crippen molar-refractivity contribution in [3.05, 3.63) is 37.1 Å². The number of fused-ring (bicyclic) bond motifs is 2. The highest BCUT2D eigenvalue weighted by Crippen LogP contribution is 2.35. The van der Waals surface area contributed by atoms with Gasteiger partial charge < -0.3 is 14.4 Å². The first-order valence-electron chi connectivity index (χ1n) is 6.31. The van der Waals surface area contributed by atoms with E-state index in [0.29, 0.717) is 12.3 Å². The van der Waals surface area contributed by atoms with Crippen molar-refractivity contribution in [1.29, 1.82) is 0 Å². The molecule has 1 aromatic heterocycles. The van der Waals surface area contributed by atoms with E-state index in [1.807, 2.05) is 6.08 Å². The Labute approximate surface area is 115 Å². The molecule has 3 rings (SSSR count). The molecule has 1 N–H and O–H groups in total. The van der Waals surface area contributed by atoms with Crippen molar-refractivity contribution in [2.75, 3.05) is 19.8 Å². The summed E-state index contributed by atoms with van der Waals surface area (Å²) in [5, 5.41) is 10.8. The van der Waals surface area contributed by atoms with E-state index in [9.17, 15) is 9.90 Å². The van der Waals surface area contributed by atoms with Crippen molar-refractivity contribution >= 4 is 11.6 Å². The molecule has 1 saturated heterocycles. The van der Waals surface area contributed by atoms with Crippen LogP contribution in [-0.2, 0) is 4.84 Å². The number of aliphatic hydroxyl groups excluding tert-OH is 1. The van der Waals surface area contributed by atoms with Gasteiger partial charge in [0.25, 0.3) is 0 Å². The fraction of sp³-hybridized carbons (Fsp3) is 0.385. The molecule has 7 heteroatoms. The summed E-state index contributed by atoms with van der Waals surface area (Å²) in [5.41, 5.74) is 0.799. The van der Waals surface area contributed by atoms with E-state index in [1.54, 1.807) is 17.2 Å². The summed E-state index contributed by atoms with van der Waals surface area (Å²) in [7, 11) is 0. The van der Waals surface area contributed by atoms with Gasteiger partial charge in [-0.25, -0.2) is 9.78 Å². The van der Waals surface area contributed by atoms with E-state index < -0.39 is 0 Å². The van der Waals surface area contributed by atoms with Crippen LogP contribution in [0.25, 0.3) is 5.57 Å². The van der Waals surface area contributed by atoms with Crippen LogP contribution in [-0.4, -0.2) is 57.9 Å². The van der Waals surface area contributed by atoms with E-state index in [0.717, 1.165) is 5.57 Å². The number of carbonyl (C=O) groups is 1. The molecule has 3 heterocycles. The largest absolute Gasteiger partial charge is 0.444 e. The summed E-state index contributed by atoms with van der Waals surface area (Å²) in [6, 6.07) is -0.906. The minimum Gasteiger partial charge on any atom is -0.444 e. The summed E-state index contributed by atoms with van der Waals surface area (Å²) < 4.78 is 5.31. The lowest BCUT2D eigenvalue weighted by molar-refractivity contribution is -0.106. The van der Waals surface area contributed by atoms with Gasteiger partial charge in [-0.15, -0.1) is 6.58 Å². The number of oxazole rings is 1. The Morgan fingerprint density at radius 1 is 1.65 bits per heavy atom. The van der Waals surface area contributed by atoms with Crippen LogP contribution in [0.3, 0.4) is 0 Å². The molecule has 2 bridgehead atoms. The molecule has 1 fully saturated rings. The second-order valence-electron chi connectivity index (χ2n) is 4.60. The van der Waals surface area contributed by atoms with E-state index in [-0.39, 0.29) is 31.3 Å². The van der Waals surface area contributed by atoms with Gasteiger partial charge in [-0.05, 0) is 0 Å². The van der Waals surface area contributed by atoms with Crippen molar-refractivity contribution in [1.82, 2.24) is 14.9 Å². The van der Waals surface area contributed by atoms with Crippen LogP contribution in [0.15, 0.2) is 35.7 Å². The fourth-order valence-electron chi connectivity index (χ4n) is 2.54. The Morgan fingerprint density at radius 3 is 3.15 bits per heavy atom. The summed E-state index contributed by atoms with van der Waals surface area (Å²) >= 11 is 0. The molecule has 0 spiro atoms. The van der Waals surface area contributed by atoms with Crippen molar-refractivity contribution in [3.63, 3.8) is 0 Å². The zero-order valence-electron chi connectivity index (χ0n) is 10.8. The molecule has 2 aliphatic heterocycles. The van der Waals surface area contributed by atoms with Crippen LogP contribution < -0.4 is 0 Å². The predicted molar refractivity (Wildman–Crippen MR) is 69.2 cm³/mol. The second kappa shape index (κ2) is 5.10. The van der Waals surface area contributed by atoms with E-state index in [1.165, 1.54) is 11.5 Å². The number of nitrogens with zero attached hydrogens (tertiary/aromatic N) is 3. The number of urea groups is 1.